The first kappa shape index (κ1) is 25.3. The first-order valence-electron chi connectivity index (χ1n) is 7.25. The minimum atomic E-state index is -1.33. The lowest BCUT2D eigenvalue weighted by Gasteiger charge is -2.22. The van der Waals surface area contributed by atoms with E-state index in [4.69, 9.17) is 38.5 Å². The minimum Gasteiger partial charge on any atom is -0.478 e. The Labute approximate surface area is 168 Å². The number of nitro groups is 1. The van der Waals surface area contributed by atoms with Crippen molar-refractivity contribution in [2.75, 3.05) is 6.61 Å². The van der Waals surface area contributed by atoms with E-state index in [1.807, 2.05) is 0 Å². The summed E-state index contributed by atoms with van der Waals surface area (Å²) < 4.78 is 0. The number of nitrogens with one attached hydrogen (secondary N) is 1. The van der Waals surface area contributed by atoms with E-state index in [0.29, 0.717) is 17.7 Å². The van der Waals surface area contributed by atoms with Crippen LogP contribution in [0.2, 0.25) is 0 Å². The number of alkyl halides is 2. The molecule has 0 heterocycles. The van der Waals surface area contributed by atoms with Crippen LogP contribution in [0.25, 0.3) is 0 Å². The van der Waals surface area contributed by atoms with Gasteiger partial charge in [-0.3, -0.25) is 14.9 Å². The van der Waals surface area contributed by atoms with Crippen molar-refractivity contribution in [1.82, 2.24) is 5.32 Å². The summed E-state index contributed by atoms with van der Waals surface area (Å²) in [6, 6.07) is 4.05. The number of nitrogens with zero attached hydrogens (tertiary/aromatic N) is 1. The van der Waals surface area contributed by atoms with Gasteiger partial charge in [0.05, 0.1) is 17.6 Å². The highest BCUT2D eigenvalue weighted by Crippen LogP contribution is 2.20. The Bertz CT molecular complexity index is 707. The number of carbonyl (C=O) groups excluding carboxylic acids is 1. The number of amides is 1. The zero-order chi connectivity index (χ0) is 21.9. The normalized spacial score (nSPS) is 12.6. The number of non-ortho nitro benzene ring substituents is 1. The van der Waals surface area contributed by atoms with Crippen LogP contribution in [0.15, 0.2) is 36.4 Å². The summed E-state index contributed by atoms with van der Waals surface area (Å²) >= 11 is 10.7. The van der Waals surface area contributed by atoms with Gasteiger partial charge in [-0.25, -0.2) is 9.59 Å². The van der Waals surface area contributed by atoms with Crippen LogP contribution in [0.4, 0.5) is 5.69 Å². The van der Waals surface area contributed by atoms with Crippen LogP contribution in [-0.4, -0.2) is 60.7 Å². The summed E-state index contributed by atoms with van der Waals surface area (Å²) in [5.74, 6) is -3.27. The zero-order valence-corrected chi connectivity index (χ0v) is 15.4. The monoisotopic (exact) mass is 438 g/mol. The highest BCUT2D eigenvalue weighted by molar-refractivity contribution is 6.53. The number of aliphatic carboxylic acids is 2. The zero-order valence-electron chi connectivity index (χ0n) is 13.9. The van der Waals surface area contributed by atoms with Crippen molar-refractivity contribution < 1.29 is 39.7 Å². The van der Waals surface area contributed by atoms with Crippen LogP contribution >= 0.6 is 23.2 Å². The smallest absolute Gasteiger partial charge is 0.328 e. The second-order valence-electron chi connectivity index (χ2n) is 4.90. The molecule has 0 fully saturated rings. The number of carbonyl (C=O) groups is 3. The molecule has 1 amide bonds. The van der Waals surface area contributed by atoms with Gasteiger partial charge in [0.25, 0.3) is 11.6 Å². The molecule has 0 aliphatic rings. The van der Waals surface area contributed by atoms with E-state index in [2.05, 4.69) is 5.32 Å². The molecule has 0 radical (unpaired) electrons. The maximum atomic E-state index is 11.3. The van der Waals surface area contributed by atoms with Crippen LogP contribution in [0.1, 0.15) is 11.7 Å². The average molecular weight is 439 g/mol. The third-order valence-electron chi connectivity index (χ3n) is 2.92. The largest absolute Gasteiger partial charge is 0.478 e. The Balaban J connectivity index is 0.000000769. The molecule has 1 aromatic rings. The third kappa shape index (κ3) is 9.83. The lowest BCUT2D eigenvalue weighted by atomic mass is 10.0. The van der Waals surface area contributed by atoms with Gasteiger partial charge >= 0.3 is 11.9 Å². The molecule has 11 nitrogen and oxygen atoms in total. The molecule has 5 N–H and O–H groups in total. The summed E-state index contributed by atoms with van der Waals surface area (Å²) in [5, 5.41) is 47.6. The minimum absolute atomic E-state index is 0.132. The van der Waals surface area contributed by atoms with Crippen molar-refractivity contribution in [1.29, 1.82) is 0 Å². The molecule has 13 heteroatoms. The standard InChI is InChI=1S/C11H12Cl2N2O5.C4H4O4/c12-10(13)11(18)14-8(5-16)9(17)6-1-3-7(4-2-6)15(19)20;5-3(6)1-2-4(7)8/h1-4,8-10,16-17H,5H2,(H,14,18);1-2H,(H,5,6)(H,7,8)/b;2-1-. The number of halogens is 2. The van der Waals surface area contributed by atoms with Gasteiger partial charge in [0.15, 0.2) is 4.84 Å². The number of nitro benzene ring substituents is 1. The Kier molecular flexibility index (Phi) is 11.4. The first-order chi connectivity index (χ1) is 13.0. The molecule has 0 saturated carbocycles. The number of aliphatic hydroxyl groups is 2. The molecule has 1 aromatic carbocycles. The van der Waals surface area contributed by atoms with Crippen molar-refractivity contribution in [2.24, 2.45) is 0 Å². The number of carboxylic acids is 2. The van der Waals surface area contributed by atoms with E-state index < -0.39 is 46.4 Å². The predicted molar refractivity (Wildman–Crippen MR) is 97.0 cm³/mol. The Morgan fingerprint density at radius 1 is 1.11 bits per heavy atom. The lowest BCUT2D eigenvalue weighted by Crippen LogP contribution is -2.44. The van der Waals surface area contributed by atoms with Crippen molar-refractivity contribution in [3.8, 4) is 0 Å². The SMILES string of the molecule is O=C(NC(CO)C(O)c1ccc([N+](=O)[O-])cc1)C(Cl)Cl.O=C(O)/C=C\C(=O)O. The molecular formula is C15H16Cl2N2O9. The van der Waals surface area contributed by atoms with E-state index in [9.17, 15) is 29.6 Å². The van der Waals surface area contributed by atoms with Crippen molar-refractivity contribution >= 4 is 46.7 Å². The fourth-order valence-corrected chi connectivity index (χ4v) is 1.76. The molecule has 154 valence electrons. The van der Waals surface area contributed by atoms with E-state index in [0.717, 1.165) is 0 Å². The third-order valence-corrected chi connectivity index (χ3v) is 3.31. The first-order valence-corrected chi connectivity index (χ1v) is 8.12. The highest BCUT2D eigenvalue weighted by atomic mass is 35.5. The van der Waals surface area contributed by atoms with Crippen LogP contribution in [0.5, 0.6) is 0 Å². The number of aliphatic hydroxyl groups excluding tert-OH is 2. The van der Waals surface area contributed by atoms with E-state index in [1.165, 1.54) is 24.3 Å². The number of rotatable bonds is 8. The summed E-state index contributed by atoms with van der Waals surface area (Å²) in [6.07, 6.45) is -0.137. The van der Waals surface area contributed by atoms with Crippen molar-refractivity contribution in [3.63, 3.8) is 0 Å². The second-order valence-corrected chi connectivity index (χ2v) is 6.00. The van der Waals surface area contributed by atoms with E-state index in [-0.39, 0.29) is 5.69 Å². The molecular weight excluding hydrogens is 423 g/mol. The van der Waals surface area contributed by atoms with Gasteiger partial charge in [-0.2, -0.15) is 0 Å². The fraction of sp³-hybridized carbons (Fsp3) is 0.267. The van der Waals surface area contributed by atoms with Gasteiger partial charge in [-0.1, -0.05) is 23.2 Å². The Morgan fingerprint density at radius 3 is 1.89 bits per heavy atom. The maximum absolute atomic E-state index is 11.3. The number of hydrogen-bond acceptors (Lipinski definition) is 7. The number of benzene rings is 1. The molecule has 28 heavy (non-hydrogen) atoms. The quantitative estimate of drug-likeness (QED) is 0.167. The topological polar surface area (TPSA) is 187 Å². The van der Waals surface area contributed by atoms with Crippen LogP contribution in [0.3, 0.4) is 0 Å². The summed E-state index contributed by atoms with van der Waals surface area (Å²) in [6.45, 7) is -0.551. The van der Waals surface area contributed by atoms with Crippen molar-refractivity contribution in [2.45, 2.75) is 17.0 Å². The molecule has 0 aliphatic carbocycles. The van der Waals surface area contributed by atoms with E-state index >= 15 is 0 Å². The van der Waals surface area contributed by atoms with Crippen LogP contribution < -0.4 is 5.32 Å². The number of hydrogen-bond donors (Lipinski definition) is 5. The van der Waals surface area contributed by atoms with Gasteiger partial charge in [0.1, 0.15) is 6.10 Å². The Morgan fingerprint density at radius 2 is 1.57 bits per heavy atom. The molecule has 2 atom stereocenters. The van der Waals surface area contributed by atoms with Gasteiger partial charge in [-0.15, -0.1) is 0 Å². The van der Waals surface area contributed by atoms with Gasteiger partial charge in [0.2, 0.25) is 0 Å². The molecule has 0 bridgehead atoms. The lowest BCUT2D eigenvalue weighted by molar-refractivity contribution is -0.384. The summed E-state index contributed by atoms with van der Waals surface area (Å²) in [5.41, 5.74) is 0.169. The number of carboxylic acid groups (broad SMARTS) is 2. The van der Waals surface area contributed by atoms with Gasteiger partial charge in [0, 0.05) is 24.3 Å². The highest BCUT2D eigenvalue weighted by Gasteiger charge is 2.24. The maximum Gasteiger partial charge on any atom is 0.328 e. The summed E-state index contributed by atoms with van der Waals surface area (Å²) in [7, 11) is 0. The van der Waals surface area contributed by atoms with Crippen LogP contribution in [-0.2, 0) is 14.4 Å². The second kappa shape index (κ2) is 12.6. The molecule has 2 unspecified atom stereocenters. The predicted octanol–water partition coefficient (Wildman–Crippen LogP) is 0.621. The van der Waals surface area contributed by atoms with E-state index in [1.54, 1.807) is 0 Å². The summed E-state index contributed by atoms with van der Waals surface area (Å²) in [4.78, 5) is 39.0. The molecule has 0 spiro atoms. The van der Waals surface area contributed by atoms with Gasteiger partial charge < -0.3 is 25.7 Å². The molecule has 0 aliphatic heterocycles. The molecule has 1 rings (SSSR count). The van der Waals surface area contributed by atoms with Gasteiger partial charge in [-0.05, 0) is 17.7 Å². The fourth-order valence-electron chi connectivity index (χ4n) is 1.64. The molecule has 0 aromatic heterocycles. The molecule has 0 saturated heterocycles. The van der Waals surface area contributed by atoms with Crippen LogP contribution in [0, 0.1) is 10.1 Å². The average Bonchev–Trinajstić information content (AvgIpc) is 2.64. The Hall–Kier alpha value is -2.73. The van der Waals surface area contributed by atoms with Crippen molar-refractivity contribution in [3.05, 3.63) is 52.1 Å².